The number of amides is 3. The van der Waals surface area contributed by atoms with E-state index >= 15 is 0 Å². The van der Waals surface area contributed by atoms with Crippen molar-refractivity contribution < 1.29 is 23.5 Å². The molecular formula is C20H22FN3O4S2. The van der Waals surface area contributed by atoms with Gasteiger partial charge in [-0.1, -0.05) is 42.2 Å². The normalized spacial score (nSPS) is 18.3. The highest BCUT2D eigenvalue weighted by molar-refractivity contribution is 8.26. The third kappa shape index (κ3) is 5.17. The molecule has 1 aromatic carbocycles. The predicted molar refractivity (Wildman–Crippen MR) is 116 cm³/mol. The van der Waals surface area contributed by atoms with E-state index in [4.69, 9.17) is 17.0 Å². The van der Waals surface area contributed by atoms with Gasteiger partial charge in [0, 0.05) is 44.7 Å². The van der Waals surface area contributed by atoms with Crippen LogP contribution in [0.4, 0.5) is 9.18 Å². The van der Waals surface area contributed by atoms with Gasteiger partial charge in [0.25, 0.3) is 5.91 Å². The van der Waals surface area contributed by atoms with Gasteiger partial charge in [-0.2, -0.15) is 0 Å². The molecule has 3 rings (SSSR count). The maximum Gasteiger partial charge on any atom is 0.409 e. The van der Waals surface area contributed by atoms with Gasteiger partial charge in [-0.05, 0) is 19.1 Å². The number of nitrogens with zero attached hydrogens (tertiary/aromatic N) is 3. The fraction of sp³-hybridized carbons (Fsp3) is 0.400. The lowest BCUT2D eigenvalue weighted by Crippen LogP contribution is -2.51. The number of thiocarbonyl (C=S) groups is 1. The zero-order chi connectivity index (χ0) is 21.7. The fourth-order valence-corrected chi connectivity index (χ4v) is 4.44. The highest BCUT2D eigenvalue weighted by Gasteiger charge is 2.33. The molecule has 30 heavy (non-hydrogen) atoms. The summed E-state index contributed by atoms with van der Waals surface area (Å²) in [7, 11) is 0. The Kier molecular flexibility index (Phi) is 7.43. The summed E-state index contributed by atoms with van der Waals surface area (Å²) in [6.45, 7) is 3.89. The van der Waals surface area contributed by atoms with Crippen molar-refractivity contribution in [3.05, 3.63) is 40.6 Å². The van der Waals surface area contributed by atoms with Crippen LogP contribution in [0.25, 0.3) is 6.08 Å². The smallest absolute Gasteiger partial charge is 0.409 e. The van der Waals surface area contributed by atoms with Crippen LogP contribution in [0.1, 0.15) is 18.9 Å². The summed E-state index contributed by atoms with van der Waals surface area (Å²) < 4.78 is 19.2. The quantitative estimate of drug-likeness (QED) is 0.507. The Morgan fingerprint density at radius 1 is 1.20 bits per heavy atom. The third-order valence-electron chi connectivity index (χ3n) is 4.77. The number of halogens is 1. The second-order valence-electron chi connectivity index (χ2n) is 6.67. The molecule has 0 aromatic heterocycles. The lowest BCUT2D eigenvalue weighted by atomic mass is 10.2. The molecule has 2 fully saturated rings. The van der Waals surface area contributed by atoms with Crippen molar-refractivity contribution in [1.82, 2.24) is 14.7 Å². The van der Waals surface area contributed by atoms with E-state index in [1.54, 1.807) is 34.9 Å². The number of piperazine rings is 1. The Bertz CT molecular complexity index is 885. The highest BCUT2D eigenvalue weighted by Crippen LogP contribution is 2.33. The van der Waals surface area contributed by atoms with Crippen molar-refractivity contribution in [2.24, 2.45) is 0 Å². The molecule has 2 aliphatic rings. The number of benzene rings is 1. The number of hydrogen-bond acceptors (Lipinski definition) is 6. The number of rotatable bonds is 5. The van der Waals surface area contributed by atoms with Crippen molar-refractivity contribution in [2.75, 3.05) is 39.3 Å². The highest BCUT2D eigenvalue weighted by atomic mass is 32.2. The molecule has 0 unspecified atom stereocenters. The van der Waals surface area contributed by atoms with E-state index in [-0.39, 0.29) is 30.9 Å². The predicted octanol–water partition coefficient (Wildman–Crippen LogP) is 2.72. The van der Waals surface area contributed by atoms with Crippen molar-refractivity contribution in [3.8, 4) is 0 Å². The van der Waals surface area contributed by atoms with E-state index in [2.05, 4.69) is 0 Å². The molecule has 0 radical (unpaired) electrons. The van der Waals surface area contributed by atoms with Gasteiger partial charge in [0.05, 0.1) is 11.5 Å². The first kappa shape index (κ1) is 22.2. The molecule has 0 aliphatic carbocycles. The van der Waals surface area contributed by atoms with E-state index < -0.39 is 5.82 Å². The van der Waals surface area contributed by atoms with Crippen LogP contribution in [-0.4, -0.2) is 76.3 Å². The van der Waals surface area contributed by atoms with Gasteiger partial charge in [-0.3, -0.25) is 14.5 Å². The van der Waals surface area contributed by atoms with Gasteiger partial charge in [0.1, 0.15) is 10.1 Å². The van der Waals surface area contributed by atoms with Crippen LogP contribution < -0.4 is 0 Å². The molecule has 1 aromatic rings. The summed E-state index contributed by atoms with van der Waals surface area (Å²) in [4.78, 5) is 41.9. The first-order valence-electron chi connectivity index (χ1n) is 9.60. The van der Waals surface area contributed by atoms with Gasteiger partial charge in [0.2, 0.25) is 5.91 Å². The van der Waals surface area contributed by atoms with Gasteiger partial charge in [-0.15, -0.1) is 0 Å². The minimum Gasteiger partial charge on any atom is -0.450 e. The minimum absolute atomic E-state index is 0.106. The Labute approximate surface area is 183 Å². The largest absolute Gasteiger partial charge is 0.450 e. The van der Waals surface area contributed by atoms with Crippen LogP contribution in [0.3, 0.4) is 0 Å². The second-order valence-corrected chi connectivity index (χ2v) is 8.35. The Morgan fingerprint density at radius 2 is 1.87 bits per heavy atom. The van der Waals surface area contributed by atoms with Crippen LogP contribution in [0.5, 0.6) is 0 Å². The van der Waals surface area contributed by atoms with E-state index in [0.29, 0.717) is 47.6 Å². The van der Waals surface area contributed by atoms with Crippen LogP contribution in [0.15, 0.2) is 29.2 Å². The number of carbonyl (C=O) groups is 3. The molecule has 0 bridgehead atoms. The van der Waals surface area contributed by atoms with E-state index in [1.165, 1.54) is 17.0 Å². The molecule has 10 heteroatoms. The SMILES string of the molecule is CCOC(=O)N1CCN(C(=O)CCN2C(=O)C(=Cc3ccccc3F)SC2=S)CC1. The average molecular weight is 452 g/mol. The summed E-state index contributed by atoms with van der Waals surface area (Å²) in [5, 5.41) is 0. The maximum atomic E-state index is 13.9. The molecule has 7 nitrogen and oxygen atoms in total. The molecule has 3 amide bonds. The summed E-state index contributed by atoms with van der Waals surface area (Å²) in [6.07, 6.45) is 1.23. The second kappa shape index (κ2) is 10.0. The lowest BCUT2D eigenvalue weighted by Gasteiger charge is -2.34. The number of thioether (sulfide) groups is 1. The van der Waals surface area contributed by atoms with Crippen LogP contribution in [0.2, 0.25) is 0 Å². The molecule has 160 valence electrons. The van der Waals surface area contributed by atoms with E-state index in [9.17, 15) is 18.8 Å². The molecule has 2 heterocycles. The fourth-order valence-electron chi connectivity index (χ4n) is 3.14. The first-order chi connectivity index (χ1) is 14.4. The molecular weight excluding hydrogens is 429 g/mol. The third-order valence-corrected chi connectivity index (χ3v) is 6.15. The maximum absolute atomic E-state index is 13.9. The van der Waals surface area contributed by atoms with Crippen LogP contribution in [-0.2, 0) is 14.3 Å². The van der Waals surface area contributed by atoms with Gasteiger partial charge < -0.3 is 14.5 Å². The molecule has 0 saturated carbocycles. The Balaban J connectivity index is 1.53. The van der Waals surface area contributed by atoms with Crippen molar-refractivity contribution >= 4 is 52.3 Å². The van der Waals surface area contributed by atoms with Crippen molar-refractivity contribution in [2.45, 2.75) is 13.3 Å². The molecule has 0 spiro atoms. The summed E-state index contributed by atoms with van der Waals surface area (Å²) >= 11 is 6.37. The number of ether oxygens (including phenoxy) is 1. The van der Waals surface area contributed by atoms with Gasteiger partial charge in [-0.25, -0.2) is 9.18 Å². The van der Waals surface area contributed by atoms with Crippen LogP contribution in [0, 0.1) is 5.82 Å². The Hall–Kier alpha value is -2.46. The Morgan fingerprint density at radius 3 is 2.53 bits per heavy atom. The van der Waals surface area contributed by atoms with Gasteiger partial charge in [0.15, 0.2) is 0 Å². The lowest BCUT2D eigenvalue weighted by molar-refractivity contribution is -0.133. The van der Waals surface area contributed by atoms with Crippen molar-refractivity contribution in [3.63, 3.8) is 0 Å². The van der Waals surface area contributed by atoms with Crippen molar-refractivity contribution in [1.29, 1.82) is 0 Å². The average Bonchev–Trinajstić information content (AvgIpc) is 3.01. The molecule has 2 saturated heterocycles. The molecule has 2 aliphatic heterocycles. The standard InChI is InChI=1S/C20H22FN3O4S2/c1-2-28-19(27)23-11-9-22(10-12-23)17(25)7-8-24-18(26)16(30-20(24)29)13-14-5-3-4-6-15(14)21/h3-6,13H,2,7-12H2,1H3. The number of carbonyl (C=O) groups excluding carboxylic acids is 3. The zero-order valence-electron chi connectivity index (χ0n) is 16.5. The van der Waals surface area contributed by atoms with Gasteiger partial charge >= 0.3 is 6.09 Å². The molecule has 0 N–H and O–H groups in total. The molecule has 0 atom stereocenters. The monoisotopic (exact) mass is 451 g/mol. The summed E-state index contributed by atoms with van der Waals surface area (Å²) in [5.74, 6) is -0.848. The first-order valence-corrected chi connectivity index (χ1v) is 10.8. The minimum atomic E-state index is -0.417. The van der Waals surface area contributed by atoms with E-state index in [0.717, 1.165) is 11.8 Å². The van der Waals surface area contributed by atoms with E-state index in [1.807, 2.05) is 0 Å². The summed E-state index contributed by atoms with van der Waals surface area (Å²) in [5.41, 5.74) is 0.313. The zero-order valence-corrected chi connectivity index (χ0v) is 18.1. The topological polar surface area (TPSA) is 70.2 Å². The van der Waals surface area contributed by atoms with Crippen LogP contribution >= 0.6 is 24.0 Å². The number of hydrogen-bond donors (Lipinski definition) is 0. The summed E-state index contributed by atoms with van der Waals surface area (Å²) in [6, 6.07) is 6.18.